The lowest BCUT2D eigenvalue weighted by atomic mass is 9.78. The number of halogens is 1. The Morgan fingerprint density at radius 2 is 2.07 bits per heavy atom. The number of ether oxygens (including phenoxy) is 1. The Morgan fingerprint density at radius 3 is 2.75 bits per heavy atom. The summed E-state index contributed by atoms with van der Waals surface area (Å²) in [6.07, 6.45) is 9.75. The molecule has 2 N–H and O–H groups in total. The quantitative estimate of drug-likeness (QED) is 0.253. The molecule has 0 amide bonds. The molecule has 2 aromatic rings. The predicted molar refractivity (Wildman–Crippen MR) is 125 cm³/mol. The maximum absolute atomic E-state index is 5.44. The third-order valence-corrected chi connectivity index (χ3v) is 5.48. The molecular formula is C21H32IN5O. The van der Waals surface area contributed by atoms with Gasteiger partial charge in [-0.25, -0.2) is 0 Å². The van der Waals surface area contributed by atoms with Gasteiger partial charge in [0.25, 0.3) is 0 Å². The lowest BCUT2D eigenvalue weighted by Gasteiger charge is -2.31. The van der Waals surface area contributed by atoms with Gasteiger partial charge in [-0.15, -0.1) is 24.0 Å². The summed E-state index contributed by atoms with van der Waals surface area (Å²) in [4.78, 5) is 4.39. The van der Waals surface area contributed by atoms with E-state index in [9.17, 15) is 0 Å². The second-order valence-electron chi connectivity index (χ2n) is 7.19. The van der Waals surface area contributed by atoms with Crippen LogP contribution in [-0.4, -0.2) is 43.0 Å². The fourth-order valence-electron chi connectivity index (χ4n) is 3.93. The molecule has 1 aliphatic rings. The number of benzene rings is 1. The van der Waals surface area contributed by atoms with Crippen molar-refractivity contribution in [3.8, 4) is 5.75 Å². The van der Waals surface area contributed by atoms with Crippen LogP contribution >= 0.6 is 24.0 Å². The second kappa shape index (κ2) is 11.3. The zero-order valence-corrected chi connectivity index (χ0v) is 19.2. The Balaban J connectivity index is 0.00000280. The van der Waals surface area contributed by atoms with Crippen LogP contribution in [0.2, 0.25) is 0 Å². The summed E-state index contributed by atoms with van der Waals surface area (Å²) < 4.78 is 7.39. The molecule has 1 fully saturated rings. The highest BCUT2D eigenvalue weighted by atomic mass is 127. The number of aliphatic imine (C=N–C) groups is 1. The molecule has 1 aromatic heterocycles. The van der Waals surface area contributed by atoms with E-state index in [0.717, 1.165) is 37.8 Å². The molecular weight excluding hydrogens is 465 g/mol. The van der Waals surface area contributed by atoms with Crippen LogP contribution < -0.4 is 15.4 Å². The van der Waals surface area contributed by atoms with Gasteiger partial charge in [0.2, 0.25) is 0 Å². The number of rotatable bonds is 8. The molecule has 0 atom stereocenters. The number of hydrogen-bond donors (Lipinski definition) is 2. The van der Waals surface area contributed by atoms with Crippen LogP contribution in [0.25, 0.3) is 0 Å². The van der Waals surface area contributed by atoms with Gasteiger partial charge in [0.05, 0.1) is 7.11 Å². The first kappa shape index (κ1) is 22.5. The van der Waals surface area contributed by atoms with Gasteiger partial charge in [0.15, 0.2) is 5.96 Å². The van der Waals surface area contributed by atoms with Crippen LogP contribution in [-0.2, 0) is 12.0 Å². The number of guanidine groups is 1. The van der Waals surface area contributed by atoms with Crippen molar-refractivity contribution < 1.29 is 4.74 Å². The first-order valence-corrected chi connectivity index (χ1v) is 9.82. The molecule has 154 valence electrons. The van der Waals surface area contributed by atoms with Crippen LogP contribution in [0.5, 0.6) is 5.75 Å². The van der Waals surface area contributed by atoms with E-state index in [4.69, 9.17) is 4.74 Å². The summed E-state index contributed by atoms with van der Waals surface area (Å²) in [5.41, 5.74) is 1.52. The Hall–Kier alpha value is -1.77. The minimum Gasteiger partial charge on any atom is -0.497 e. The van der Waals surface area contributed by atoms with Crippen LogP contribution in [0.15, 0.2) is 47.7 Å². The fraction of sp³-hybridized carbons (Fsp3) is 0.524. The summed E-state index contributed by atoms with van der Waals surface area (Å²) in [6.45, 7) is 2.66. The Kier molecular flexibility index (Phi) is 9.08. The molecule has 0 saturated heterocycles. The Bertz CT molecular complexity index is 726. The van der Waals surface area contributed by atoms with Crippen molar-refractivity contribution >= 4 is 29.9 Å². The van der Waals surface area contributed by atoms with E-state index in [-0.39, 0.29) is 29.4 Å². The predicted octanol–water partition coefficient (Wildman–Crippen LogP) is 3.58. The van der Waals surface area contributed by atoms with E-state index in [1.165, 1.54) is 31.2 Å². The molecule has 28 heavy (non-hydrogen) atoms. The van der Waals surface area contributed by atoms with Gasteiger partial charge in [-0.2, -0.15) is 5.10 Å². The Labute approximate surface area is 185 Å². The summed E-state index contributed by atoms with van der Waals surface area (Å²) in [6, 6.07) is 10.5. The molecule has 3 rings (SSSR count). The monoisotopic (exact) mass is 497 g/mol. The molecule has 1 aliphatic carbocycles. The maximum Gasteiger partial charge on any atom is 0.191 e. The van der Waals surface area contributed by atoms with Crippen molar-refractivity contribution in [3.05, 3.63) is 48.3 Å². The lowest BCUT2D eigenvalue weighted by molar-refractivity contribution is 0.404. The first-order valence-electron chi connectivity index (χ1n) is 9.82. The molecule has 1 saturated carbocycles. The third-order valence-electron chi connectivity index (χ3n) is 5.48. The average Bonchev–Trinajstić information content (AvgIpc) is 3.40. The molecule has 7 heteroatoms. The number of aromatic nitrogens is 2. The normalized spacial score (nSPS) is 15.7. The smallest absolute Gasteiger partial charge is 0.191 e. The van der Waals surface area contributed by atoms with Crippen molar-refractivity contribution in [1.82, 2.24) is 20.4 Å². The van der Waals surface area contributed by atoms with Gasteiger partial charge in [-0.1, -0.05) is 25.0 Å². The van der Waals surface area contributed by atoms with Gasteiger partial charge in [-0.3, -0.25) is 9.67 Å². The summed E-state index contributed by atoms with van der Waals surface area (Å²) >= 11 is 0. The van der Waals surface area contributed by atoms with E-state index in [1.807, 2.05) is 36.3 Å². The van der Waals surface area contributed by atoms with Crippen molar-refractivity contribution in [2.24, 2.45) is 4.99 Å². The number of nitrogens with zero attached hydrogens (tertiary/aromatic N) is 3. The van der Waals surface area contributed by atoms with Crippen molar-refractivity contribution in [2.45, 2.75) is 44.1 Å². The highest BCUT2D eigenvalue weighted by Crippen LogP contribution is 2.41. The van der Waals surface area contributed by atoms with E-state index < -0.39 is 0 Å². The van der Waals surface area contributed by atoms with Crippen LogP contribution in [0, 0.1) is 0 Å². The van der Waals surface area contributed by atoms with Crippen molar-refractivity contribution in [3.63, 3.8) is 0 Å². The molecule has 0 spiro atoms. The molecule has 0 bridgehead atoms. The van der Waals surface area contributed by atoms with Crippen LogP contribution in [0.1, 0.15) is 37.7 Å². The standard InChI is InChI=1S/C21H31N5O.HI/c1-22-20(23-12-6-14-26-15-7-13-25-26)24-17-21(10-3-4-11-21)18-8-5-9-19(16-18)27-2;/h5,7-9,13,15-16H,3-4,6,10-12,14,17H2,1-2H3,(H2,22,23,24);1H. The number of aryl methyl sites for hydroxylation is 1. The van der Waals surface area contributed by atoms with E-state index in [0.29, 0.717) is 0 Å². The summed E-state index contributed by atoms with van der Waals surface area (Å²) in [5.74, 6) is 1.80. The fourth-order valence-corrected chi connectivity index (χ4v) is 3.93. The van der Waals surface area contributed by atoms with Gasteiger partial charge >= 0.3 is 0 Å². The molecule has 0 radical (unpaired) electrons. The SMILES string of the molecule is CN=C(NCCCn1cccn1)NCC1(c2cccc(OC)c2)CCCC1.I. The molecule has 1 heterocycles. The minimum absolute atomic E-state index is 0. The number of hydrogen-bond acceptors (Lipinski definition) is 3. The van der Waals surface area contributed by atoms with E-state index >= 15 is 0 Å². The maximum atomic E-state index is 5.44. The largest absolute Gasteiger partial charge is 0.497 e. The van der Waals surface area contributed by atoms with Gasteiger partial charge in [0.1, 0.15) is 5.75 Å². The van der Waals surface area contributed by atoms with Crippen molar-refractivity contribution in [2.75, 3.05) is 27.2 Å². The molecule has 6 nitrogen and oxygen atoms in total. The van der Waals surface area contributed by atoms with Crippen LogP contribution in [0.4, 0.5) is 0 Å². The Morgan fingerprint density at radius 1 is 1.25 bits per heavy atom. The highest BCUT2D eigenvalue weighted by Gasteiger charge is 2.35. The lowest BCUT2D eigenvalue weighted by Crippen LogP contribution is -2.45. The van der Waals surface area contributed by atoms with Crippen molar-refractivity contribution in [1.29, 1.82) is 0 Å². The zero-order chi connectivity index (χ0) is 19.0. The van der Waals surface area contributed by atoms with E-state index in [2.05, 4.69) is 38.9 Å². The highest BCUT2D eigenvalue weighted by molar-refractivity contribution is 14.0. The van der Waals surface area contributed by atoms with Crippen LogP contribution in [0.3, 0.4) is 0 Å². The molecule has 0 aliphatic heterocycles. The number of methoxy groups -OCH3 is 1. The summed E-state index contributed by atoms with van der Waals surface area (Å²) in [7, 11) is 3.56. The third kappa shape index (κ3) is 5.86. The van der Waals surface area contributed by atoms with E-state index in [1.54, 1.807) is 7.11 Å². The number of nitrogens with one attached hydrogen (secondary N) is 2. The zero-order valence-electron chi connectivity index (χ0n) is 16.9. The molecule has 0 unspecified atom stereocenters. The van der Waals surface area contributed by atoms with Gasteiger partial charge < -0.3 is 15.4 Å². The van der Waals surface area contributed by atoms with Gasteiger partial charge in [-0.05, 0) is 43.0 Å². The minimum atomic E-state index is 0. The topological polar surface area (TPSA) is 63.5 Å². The summed E-state index contributed by atoms with van der Waals surface area (Å²) in [5, 5.41) is 11.2. The van der Waals surface area contributed by atoms with Gasteiger partial charge in [0, 0.05) is 44.5 Å². The molecule has 1 aromatic carbocycles. The average molecular weight is 497 g/mol. The second-order valence-corrected chi connectivity index (χ2v) is 7.19. The first-order chi connectivity index (χ1) is 13.3.